The Morgan fingerprint density at radius 2 is 2.04 bits per heavy atom. The summed E-state index contributed by atoms with van der Waals surface area (Å²) in [6.45, 7) is 8.05. The third kappa shape index (κ3) is 3.96. The van der Waals surface area contributed by atoms with Crippen LogP contribution < -0.4 is 4.74 Å². The standard InChI is InChI=1S/C18H23ClN2O4/c1-6-24-12(4)21-16(18(22)25-7-2)11(3)20-17(21)14-10-13(19)8-9-15(14)23-5/h8-10,12H,6-7H2,1-5H3. The molecule has 0 saturated carbocycles. The molecule has 136 valence electrons. The van der Waals surface area contributed by atoms with Crippen LogP contribution in [0.3, 0.4) is 0 Å². The summed E-state index contributed by atoms with van der Waals surface area (Å²) in [5.74, 6) is 0.710. The number of imidazole rings is 1. The molecule has 1 unspecified atom stereocenters. The maximum atomic E-state index is 12.5. The van der Waals surface area contributed by atoms with Gasteiger partial charge in [-0.25, -0.2) is 9.78 Å². The molecule has 0 spiro atoms. The van der Waals surface area contributed by atoms with Crippen molar-refractivity contribution >= 4 is 17.6 Å². The number of carbonyl (C=O) groups is 1. The molecule has 0 N–H and O–H groups in total. The predicted molar refractivity (Wildman–Crippen MR) is 96.3 cm³/mol. The molecule has 1 aromatic carbocycles. The molecule has 0 aliphatic carbocycles. The van der Waals surface area contributed by atoms with E-state index in [1.807, 2.05) is 13.8 Å². The number of halogens is 1. The topological polar surface area (TPSA) is 62.6 Å². The third-order valence-corrected chi connectivity index (χ3v) is 3.96. The molecular formula is C18H23ClN2O4. The predicted octanol–water partition coefficient (Wildman–Crippen LogP) is 4.25. The molecule has 0 saturated heterocycles. The van der Waals surface area contributed by atoms with Crippen molar-refractivity contribution in [3.63, 3.8) is 0 Å². The summed E-state index contributed by atoms with van der Waals surface area (Å²) in [7, 11) is 1.57. The number of carbonyl (C=O) groups excluding carboxylic acids is 1. The first kappa shape index (κ1) is 19.3. The first-order chi connectivity index (χ1) is 11.9. The SMILES string of the molecule is CCOC(=O)c1c(C)nc(-c2cc(Cl)ccc2OC)n1C(C)OCC. The summed E-state index contributed by atoms with van der Waals surface area (Å²) in [6, 6.07) is 5.26. The van der Waals surface area contributed by atoms with Gasteiger partial charge >= 0.3 is 5.97 Å². The average molecular weight is 367 g/mol. The van der Waals surface area contributed by atoms with Crippen LogP contribution >= 0.6 is 11.6 Å². The fourth-order valence-electron chi connectivity index (χ4n) is 2.71. The van der Waals surface area contributed by atoms with Crippen LogP contribution in [0.15, 0.2) is 18.2 Å². The number of ether oxygens (including phenoxy) is 3. The summed E-state index contributed by atoms with van der Waals surface area (Å²) in [5, 5.41) is 0.546. The number of aryl methyl sites for hydroxylation is 1. The molecule has 0 aliphatic heterocycles. The number of hydrogen-bond donors (Lipinski definition) is 0. The highest BCUT2D eigenvalue weighted by Gasteiger charge is 2.27. The van der Waals surface area contributed by atoms with Crippen LogP contribution in [-0.2, 0) is 9.47 Å². The van der Waals surface area contributed by atoms with Gasteiger partial charge in [0.1, 0.15) is 17.8 Å². The van der Waals surface area contributed by atoms with Crippen molar-refractivity contribution in [2.45, 2.75) is 33.9 Å². The number of benzene rings is 1. The highest BCUT2D eigenvalue weighted by atomic mass is 35.5. The fraction of sp³-hybridized carbons (Fsp3) is 0.444. The molecule has 0 aliphatic rings. The van der Waals surface area contributed by atoms with Crippen molar-refractivity contribution in [1.29, 1.82) is 0 Å². The van der Waals surface area contributed by atoms with E-state index in [9.17, 15) is 4.79 Å². The molecule has 0 fully saturated rings. The maximum absolute atomic E-state index is 12.5. The molecule has 1 aromatic heterocycles. The van der Waals surface area contributed by atoms with Crippen molar-refractivity contribution in [3.8, 4) is 17.1 Å². The van der Waals surface area contributed by atoms with Gasteiger partial charge in [-0.2, -0.15) is 0 Å². The largest absolute Gasteiger partial charge is 0.496 e. The second-order valence-electron chi connectivity index (χ2n) is 5.36. The van der Waals surface area contributed by atoms with Crippen LogP contribution in [0.4, 0.5) is 0 Å². The van der Waals surface area contributed by atoms with Gasteiger partial charge in [-0.15, -0.1) is 0 Å². The number of esters is 1. The van der Waals surface area contributed by atoms with E-state index in [1.165, 1.54) is 0 Å². The molecule has 6 nitrogen and oxygen atoms in total. The van der Waals surface area contributed by atoms with Crippen molar-refractivity contribution in [3.05, 3.63) is 34.6 Å². The van der Waals surface area contributed by atoms with Crippen LogP contribution in [0, 0.1) is 6.92 Å². The number of methoxy groups -OCH3 is 1. The van der Waals surface area contributed by atoms with E-state index < -0.39 is 12.2 Å². The Kier molecular flexibility index (Phi) is 6.45. The normalized spacial score (nSPS) is 12.1. The molecule has 0 bridgehead atoms. The maximum Gasteiger partial charge on any atom is 0.356 e. The minimum atomic E-state index is -0.439. The zero-order chi connectivity index (χ0) is 18.6. The number of nitrogens with zero attached hydrogens (tertiary/aromatic N) is 2. The number of aromatic nitrogens is 2. The zero-order valence-electron chi connectivity index (χ0n) is 15.1. The molecule has 1 atom stereocenters. The first-order valence-electron chi connectivity index (χ1n) is 8.15. The molecule has 2 aromatic rings. The van der Waals surface area contributed by atoms with Gasteiger partial charge in [0.25, 0.3) is 0 Å². The van der Waals surface area contributed by atoms with E-state index in [1.54, 1.807) is 43.7 Å². The smallest absolute Gasteiger partial charge is 0.356 e. The van der Waals surface area contributed by atoms with E-state index in [4.69, 9.17) is 25.8 Å². The summed E-state index contributed by atoms with van der Waals surface area (Å²) >= 11 is 6.16. The van der Waals surface area contributed by atoms with Crippen molar-refractivity contribution < 1.29 is 19.0 Å². The lowest BCUT2D eigenvalue weighted by atomic mass is 10.2. The molecule has 7 heteroatoms. The summed E-state index contributed by atoms with van der Waals surface area (Å²) in [4.78, 5) is 17.0. The Morgan fingerprint density at radius 3 is 2.64 bits per heavy atom. The lowest BCUT2D eigenvalue weighted by molar-refractivity contribution is 0.0195. The highest BCUT2D eigenvalue weighted by molar-refractivity contribution is 6.30. The van der Waals surface area contributed by atoms with Gasteiger partial charge in [0.2, 0.25) is 0 Å². The third-order valence-electron chi connectivity index (χ3n) is 3.73. The molecule has 1 heterocycles. The van der Waals surface area contributed by atoms with Gasteiger partial charge < -0.3 is 14.2 Å². The molecule has 2 rings (SSSR count). The Hall–Kier alpha value is -2.05. The lowest BCUT2D eigenvalue weighted by Gasteiger charge is -2.20. The van der Waals surface area contributed by atoms with Crippen molar-refractivity contribution in [2.75, 3.05) is 20.3 Å². The Morgan fingerprint density at radius 1 is 1.32 bits per heavy atom. The van der Waals surface area contributed by atoms with Crippen molar-refractivity contribution in [2.24, 2.45) is 0 Å². The molecular weight excluding hydrogens is 344 g/mol. The summed E-state index contributed by atoms with van der Waals surface area (Å²) in [5.41, 5.74) is 1.60. The van der Waals surface area contributed by atoms with Gasteiger partial charge in [0.05, 0.1) is 25.0 Å². The van der Waals surface area contributed by atoms with Crippen LogP contribution in [0.5, 0.6) is 5.75 Å². The highest BCUT2D eigenvalue weighted by Crippen LogP contribution is 2.35. The second kappa shape index (κ2) is 8.36. The summed E-state index contributed by atoms with van der Waals surface area (Å²) < 4.78 is 18.1. The first-order valence-corrected chi connectivity index (χ1v) is 8.53. The van der Waals surface area contributed by atoms with Gasteiger partial charge in [0, 0.05) is 11.6 Å². The summed E-state index contributed by atoms with van der Waals surface area (Å²) in [6.07, 6.45) is -0.413. The van der Waals surface area contributed by atoms with E-state index in [0.717, 1.165) is 0 Å². The molecule has 0 radical (unpaired) electrons. The van der Waals surface area contributed by atoms with Gasteiger partial charge in [-0.05, 0) is 45.9 Å². The van der Waals surface area contributed by atoms with E-state index >= 15 is 0 Å². The zero-order valence-corrected chi connectivity index (χ0v) is 15.9. The number of rotatable bonds is 7. The molecule has 0 amide bonds. The van der Waals surface area contributed by atoms with Gasteiger partial charge in [-0.1, -0.05) is 11.6 Å². The minimum absolute atomic E-state index is 0.280. The van der Waals surface area contributed by atoms with E-state index in [2.05, 4.69) is 4.98 Å². The Labute approximate surface area is 152 Å². The van der Waals surface area contributed by atoms with E-state index in [0.29, 0.717) is 40.2 Å². The van der Waals surface area contributed by atoms with E-state index in [-0.39, 0.29) is 6.61 Å². The van der Waals surface area contributed by atoms with Crippen LogP contribution in [0.25, 0.3) is 11.4 Å². The lowest BCUT2D eigenvalue weighted by Crippen LogP contribution is -2.19. The number of hydrogen-bond acceptors (Lipinski definition) is 5. The Balaban J connectivity index is 2.72. The minimum Gasteiger partial charge on any atom is -0.496 e. The quantitative estimate of drug-likeness (QED) is 0.685. The van der Waals surface area contributed by atoms with Crippen LogP contribution in [0.2, 0.25) is 5.02 Å². The monoisotopic (exact) mass is 366 g/mol. The molecule has 25 heavy (non-hydrogen) atoms. The van der Waals surface area contributed by atoms with Crippen LogP contribution in [-0.4, -0.2) is 35.8 Å². The Bertz CT molecular complexity index is 758. The second-order valence-corrected chi connectivity index (χ2v) is 5.80. The van der Waals surface area contributed by atoms with Gasteiger partial charge in [-0.3, -0.25) is 4.57 Å². The fourth-order valence-corrected chi connectivity index (χ4v) is 2.88. The van der Waals surface area contributed by atoms with Crippen LogP contribution in [0.1, 0.15) is 43.2 Å². The van der Waals surface area contributed by atoms with Gasteiger partial charge in [0.15, 0.2) is 5.69 Å². The average Bonchev–Trinajstić information content (AvgIpc) is 2.92. The van der Waals surface area contributed by atoms with Crippen molar-refractivity contribution in [1.82, 2.24) is 9.55 Å².